The molecule has 7 heteroatoms. The van der Waals surface area contributed by atoms with E-state index in [0.29, 0.717) is 29.8 Å². The van der Waals surface area contributed by atoms with E-state index in [1.165, 1.54) is 0 Å². The molecule has 1 heterocycles. The minimum atomic E-state index is 0.441. The molecular formula is C13H18N4O3. The van der Waals surface area contributed by atoms with Gasteiger partial charge in [0.25, 0.3) is 0 Å². The van der Waals surface area contributed by atoms with Crippen molar-refractivity contribution < 1.29 is 14.2 Å². The second-order valence-electron chi connectivity index (χ2n) is 4.06. The zero-order valence-corrected chi connectivity index (χ0v) is 11.7. The second-order valence-corrected chi connectivity index (χ2v) is 4.06. The van der Waals surface area contributed by atoms with E-state index in [2.05, 4.69) is 10.5 Å². The van der Waals surface area contributed by atoms with E-state index in [9.17, 15) is 0 Å². The maximum Gasteiger partial charge on any atom is 0.237 e. The Morgan fingerprint density at radius 3 is 2.65 bits per heavy atom. The van der Waals surface area contributed by atoms with Gasteiger partial charge in [0.05, 0.1) is 39.6 Å². The van der Waals surface area contributed by atoms with Crippen LogP contribution in [0.25, 0.3) is 0 Å². The molecule has 0 spiro atoms. The summed E-state index contributed by atoms with van der Waals surface area (Å²) in [7, 11) is 4.70. The van der Waals surface area contributed by atoms with Crippen molar-refractivity contribution in [3.8, 4) is 5.75 Å². The Labute approximate surface area is 117 Å². The number of rotatable bonds is 4. The smallest absolute Gasteiger partial charge is 0.237 e. The quantitative estimate of drug-likeness (QED) is 0.801. The number of methoxy groups -OCH3 is 3. The summed E-state index contributed by atoms with van der Waals surface area (Å²) in [6.45, 7) is 0.441. The Kier molecular flexibility index (Phi) is 4.19. The van der Waals surface area contributed by atoms with Gasteiger partial charge in [-0.3, -0.25) is 5.43 Å². The maximum atomic E-state index is 6.04. The van der Waals surface area contributed by atoms with Crippen molar-refractivity contribution in [2.24, 2.45) is 5.10 Å². The highest BCUT2D eigenvalue weighted by Gasteiger charge is 2.16. The minimum Gasteiger partial charge on any atom is -0.495 e. The fraction of sp³-hybridized carbons (Fsp3) is 0.308. The first-order chi connectivity index (χ1) is 9.67. The molecule has 0 fully saturated rings. The Bertz CT molecular complexity index is 542. The number of para-hydroxylation sites is 1. The lowest BCUT2D eigenvalue weighted by Crippen LogP contribution is -2.37. The highest BCUT2D eigenvalue weighted by atomic mass is 16.5. The van der Waals surface area contributed by atoms with Gasteiger partial charge in [0.15, 0.2) is 0 Å². The molecule has 0 saturated heterocycles. The van der Waals surface area contributed by atoms with Gasteiger partial charge in [-0.1, -0.05) is 12.1 Å². The molecule has 0 aromatic heterocycles. The normalized spacial score (nSPS) is 14.1. The molecule has 20 heavy (non-hydrogen) atoms. The van der Waals surface area contributed by atoms with Crippen LogP contribution in [0.4, 0.5) is 5.69 Å². The third-order valence-corrected chi connectivity index (χ3v) is 2.84. The summed E-state index contributed by atoms with van der Waals surface area (Å²) in [5.74, 6) is 1.62. The summed E-state index contributed by atoms with van der Waals surface area (Å²) < 4.78 is 15.5. The molecule has 0 unspecified atom stereocenters. The lowest BCUT2D eigenvalue weighted by Gasteiger charge is -2.26. The third-order valence-electron chi connectivity index (χ3n) is 2.84. The Morgan fingerprint density at radius 1 is 1.20 bits per heavy atom. The van der Waals surface area contributed by atoms with E-state index in [-0.39, 0.29) is 0 Å². The molecule has 7 nitrogen and oxygen atoms in total. The Balaban J connectivity index is 2.18. The van der Waals surface area contributed by atoms with Crippen molar-refractivity contribution in [2.75, 3.05) is 27.1 Å². The number of nitrogens with two attached hydrogens (primary N) is 1. The number of hydrogen-bond donors (Lipinski definition) is 2. The number of hydrazine groups is 1. The van der Waals surface area contributed by atoms with Gasteiger partial charge in [-0.05, 0) is 6.07 Å². The summed E-state index contributed by atoms with van der Waals surface area (Å²) >= 11 is 0. The van der Waals surface area contributed by atoms with Crippen LogP contribution in [0.3, 0.4) is 0 Å². The van der Waals surface area contributed by atoms with Crippen LogP contribution in [0.5, 0.6) is 5.75 Å². The largest absolute Gasteiger partial charge is 0.495 e. The topological polar surface area (TPSA) is 81.3 Å². The van der Waals surface area contributed by atoms with Crippen LogP contribution < -0.4 is 15.9 Å². The third kappa shape index (κ3) is 2.87. The summed E-state index contributed by atoms with van der Waals surface area (Å²) in [5.41, 5.74) is 10.5. The molecule has 0 atom stereocenters. The van der Waals surface area contributed by atoms with E-state index >= 15 is 0 Å². The van der Waals surface area contributed by atoms with Gasteiger partial charge >= 0.3 is 0 Å². The van der Waals surface area contributed by atoms with Gasteiger partial charge in [0.1, 0.15) is 5.75 Å². The standard InChI is InChI=1S/C13H18N4O3/c1-18-10-6-4-5-9(13(10)14)8-17-15-11(19-2)7-12(16-17)20-3/h4-7,15H,8,14H2,1-3H3. The Hall–Kier alpha value is -2.57. The number of ether oxygens (including phenoxy) is 3. The maximum absolute atomic E-state index is 6.04. The number of anilines is 1. The van der Waals surface area contributed by atoms with E-state index in [1.54, 1.807) is 32.5 Å². The molecule has 1 aliphatic heterocycles. The van der Waals surface area contributed by atoms with E-state index < -0.39 is 0 Å². The molecule has 0 aliphatic carbocycles. The molecule has 1 aromatic carbocycles. The fourth-order valence-corrected chi connectivity index (χ4v) is 1.79. The summed E-state index contributed by atoms with van der Waals surface area (Å²) in [6, 6.07) is 5.60. The van der Waals surface area contributed by atoms with Crippen molar-refractivity contribution in [2.45, 2.75) is 6.54 Å². The van der Waals surface area contributed by atoms with Gasteiger partial charge in [0.2, 0.25) is 11.8 Å². The van der Waals surface area contributed by atoms with Crippen LogP contribution in [0.15, 0.2) is 35.3 Å². The van der Waals surface area contributed by atoms with Crippen molar-refractivity contribution in [1.29, 1.82) is 0 Å². The van der Waals surface area contributed by atoms with Crippen LogP contribution in [0, 0.1) is 0 Å². The summed E-state index contributed by atoms with van der Waals surface area (Å²) in [6.07, 6.45) is 1.66. The second kappa shape index (κ2) is 6.05. The number of nitrogens with zero attached hydrogens (tertiary/aromatic N) is 2. The molecule has 0 bridgehead atoms. The fourth-order valence-electron chi connectivity index (χ4n) is 1.79. The molecule has 1 aliphatic rings. The molecule has 108 valence electrons. The van der Waals surface area contributed by atoms with Crippen LogP contribution in [-0.4, -0.2) is 32.3 Å². The van der Waals surface area contributed by atoms with Crippen LogP contribution in [-0.2, 0) is 16.0 Å². The van der Waals surface area contributed by atoms with Gasteiger partial charge in [0, 0.05) is 5.56 Å². The molecular weight excluding hydrogens is 260 g/mol. The van der Waals surface area contributed by atoms with Crippen molar-refractivity contribution in [1.82, 2.24) is 10.5 Å². The van der Waals surface area contributed by atoms with Crippen molar-refractivity contribution in [3.63, 3.8) is 0 Å². The number of nitrogen functional groups attached to an aromatic ring is 1. The van der Waals surface area contributed by atoms with Crippen LogP contribution in [0.1, 0.15) is 5.56 Å². The first-order valence-electron chi connectivity index (χ1n) is 6.01. The van der Waals surface area contributed by atoms with E-state index in [0.717, 1.165) is 5.56 Å². The predicted molar refractivity (Wildman–Crippen MR) is 75.6 cm³/mol. The number of hydrazone groups is 1. The van der Waals surface area contributed by atoms with Gasteiger partial charge in [-0.15, -0.1) is 5.10 Å². The average Bonchev–Trinajstić information content (AvgIpc) is 2.49. The average molecular weight is 278 g/mol. The minimum absolute atomic E-state index is 0.441. The highest BCUT2D eigenvalue weighted by molar-refractivity contribution is 5.88. The number of benzene rings is 1. The van der Waals surface area contributed by atoms with Gasteiger partial charge in [-0.2, -0.15) is 5.12 Å². The SMILES string of the molecule is COC1=CC(OC)=NN(Cc2cccc(OC)c2N)N1. The molecule has 2 rings (SSSR count). The van der Waals surface area contributed by atoms with Crippen molar-refractivity contribution in [3.05, 3.63) is 35.7 Å². The molecule has 0 amide bonds. The van der Waals surface area contributed by atoms with Gasteiger partial charge < -0.3 is 19.9 Å². The molecule has 3 N–H and O–H groups in total. The number of hydrogen-bond acceptors (Lipinski definition) is 7. The van der Waals surface area contributed by atoms with E-state index in [4.69, 9.17) is 19.9 Å². The number of nitrogens with one attached hydrogen (secondary N) is 1. The lowest BCUT2D eigenvalue weighted by molar-refractivity contribution is 0.127. The van der Waals surface area contributed by atoms with Gasteiger partial charge in [-0.25, -0.2) is 0 Å². The first kappa shape index (κ1) is 13.9. The predicted octanol–water partition coefficient (Wildman–Crippen LogP) is 1.05. The zero-order chi connectivity index (χ0) is 14.5. The highest BCUT2D eigenvalue weighted by Crippen LogP contribution is 2.26. The van der Waals surface area contributed by atoms with Crippen LogP contribution >= 0.6 is 0 Å². The summed E-state index contributed by atoms with van der Waals surface area (Å²) in [5, 5.41) is 5.84. The monoisotopic (exact) mass is 278 g/mol. The van der Waals surface area contributed by atoms with Crippen molar-refractivity contribution >= 4 is 11.6 Å². The zero-order valence-electron chi connectivity index (χ0n) is 11.7. The van der Waals surface area contributed by atoms with Crippen LogP contribution in [0.2, 0.25) is 0 Å². The Morgan fingerprint density at radius 2 is 2.00 bits per heavy atom. The van der Waals surface area contributed by atoms with E-state index in [1.807, 2.05) is 18.2 Å². The molecule has 0 radical (unpaired) electrons. The first-order valence-corrected chi connectivity index (χ1v) is 6.01. The molecule has 1 aromatic rings. The summed E-state index contributed by atoms with van der Waals surface area (Å²) in [4.78, 5) is 0. The lowest BCUT2D eigenvalue weighted by atomic mass is 10.1. The molecule has 0 saturated carbocycles.